The fourth-order valence-electron chi connectivity index (χ4n) is 1.83. The van der Waals surface area contributed by atoms with Crippen molar-refractivity contribution in [3.05, 3.63) is 0 Å². The summed E-state index contributed by atoms with van der Waals surface area (Å²) in [6.45, 7) is 11.2. The molecule has 2 heteroatoms. The quantitative estimate of drug-likeness (QED) is 0.709. The summed E-state index contributed by atoms with van der Waals surface area (Å²) in [7, 11) is 0. The van der Waals surface area contributed by atoms with E-state index in [9.17, 15) is 0 Å². The molecule has 0 aromatic rings. The van der Waals surface area contributed by atoms with Crippen LogP contribution in [0.25, 0.3) is 0 Å². The molecule has 0 bridgehead atoms. The van der Waals surface area contributed by atoms with Crippen LogP contribution in [0.15, 0.2) is 0 Å². The van der Waals surface area contributed by atoms with Gasteiger partial charge in [0.2, 0.25) is 0 Å². The van der Waals surface area contributed by atoms with Gasteiger partial charge < -0.3 is 10.1 Å². The maximum absolute atomic E-state index is 5.60. The molecule has 0 aliphatic carbocycles. The van der Waals surface area contributed by atoms with E-state index < -0.39 is 0 Å². The molecule has 1 aliphatic rings. The molecule has 90 valence electrons. The lowest BCUT2D eigenvalue weighted by Crippen LogP contribution is -2.38. The summed E-state index contributed by atoms with van der Waals surface area (Å²) in [6.07, 6.45) is 5.55. The van der Waals surface area contributed by atoms with Gasteiger partial charge in [-0.3, -0.25) is 0 Å². The molecule has 0 aromatic heterocycles. The van der Waals surface area contributed by atoms with Gasteiger partial charge in [0.05, 0.1) is 6.10 Å². The minimum Gasteiger partial charge on any atom is -0.378 e. The predicted octanol–water partition coefficient (Wildman–Crippen LogP) is 2.97. The third-order valence-corrected chi connectivity index (χ3v) is 3.48. The van der Waals surface area contributed by atoms with Crippen molar-refractivity contribution in [3.63, 3.8) is 0 Å². The van der Waals surface area contributed by atoms with Crippen LogP contribution in [0.3, 0.4) is 0 Å². The molecule has 15 heavy (non-hydrogen) atoms. The van der Waals surface area contributed by atoms with E-state index in [1.165, 1.54) is 25.7 Å². The van der Waals surface area contributed by atoms with E-state index in [1.807, 2.05) is 0 Å². The van der Waals surface area contributed by atoms with Gasteiger partial charge >= 0.3 is 0 Å². The van der Waals surface area contributed by atoms with Gasteiger partial charge in [-0.25, -0.2) is 0 Å². The summed E-state index contributed by atoms with van der Waals surface area (Å²) in [4.78, 5) is 0. The Morgan fingerprint density at radius 2 is 2.13 bits per heavy atom. The van der Waals surface area contributed by atoms with Gasteiger partial charge in [0, 0.05) is 12.6 Å². The first-order valence-electron chi connectivity index (χ1n) is 6.35. The second-order valence-electron chi connectivity index (χ2n) is 5.82. The van der Waals surface area contributed by atoms with Crippen molar-refractivity contribution in [2.75, 3.05) is 13.2 Å². The van der Waals surface area contributed by atoms with Crippen molar-refractivity contribution < 1.29 is 4.74 Å². The summed E-state index contributed by atoms with van der Waals surface area (Å²) < 4.78 is 5.60. The van der Waals surface area contributed by atoms with Crippen LogP contribution in [0.5, 0.6) is 0 Å². The first kappa shape index (κ1) is 13.0. The average molecular weight is 213 g/mol. The van der Waals surface area contributed by atoms with Gasteiger partial charge in [-0.15, -0.1) is 0 Å². The van der Waals surface area contributed by atoms with Crippen molar-refractivity contribution in [2.24, 2.45) is 5.41 Å². The standard InChI is InChI=1S/C13H27NO/c1-11(13(2,3)4)14-9-5-7-12-8-6-10-15-12/h11-12,14H,5-10H2,1-4H3. The fourth-order valence-corrected chi connectivity index (χ4v) is 1.83. The first-order chi connectivity index (χ1) is 7.00. The third kappa shape index (κ3) is 4.98. The summed E-state index contributed by atoms with van der Waals surface area (Å²) in [5.74, 6) is 0. The highest BCUT2D eigenvalue weighted by molar-refractivity contribution is 4.76. The molecule has 2 nitrogen and oxygen atoms in total. The molecule has 2 atom stereocenters. The van der Waals surface area contributed by atoms with Gasteiger partial charge in [-0.1, -0.05) is 20.8 Å². The van der Waals surface area contributed by atoms with Crippen molar-refractivity contribution in [2.45, 2.75) is 65.5 Å². The van der Waals surface area contributed by atoms with Crippen LogP contribution >= 0.6 is 0 Å². The highest BCUT2D eigenvalue weighted by Crippen LogP contribution is 2.19. The van der Waals surface area contributed by atoms with Crippen molar-refractivity contribution in [3.8, 4) is 0 Å². The lowest BCUT2D eigenvalue weighted by Gasteiger charge is -2.28. The maximum Gasteiger partial charge on any atom is 0.0576 e. The van der Waals surface area contributed by atoms with Crippen molar-refractivity contribution >= 4 is 0 Å². The smallest absolute Gasteiger partial charge is 0.0576 e. The van der Waals surface area contributed by atoms with E-state index in [4.69, 9.17) is 4.74 Å². The molecule has 0 saturated carbocycles. The Morgan fingerprint density at radius 3 is 2.67 bits per heavy atom. The summed E-state index contributed by atoms with van der Waals surface area (Å²) >= 11 is 0. The number of hydrogen-bond donors (Lipinski definition) is 1. The Morgan fingerprint density at radius 1 is 1.40 bits per heavy atom. The molecule has 0 amide bonds. The SMILES string of the molecule is CC(NCCCC1CCCO1)C(C)(C)C. The largest absolute Gasteiger partial charge is 0.378 e. The van der Waals surface area contributed by atoms with Crippen LogP contribution in [-0.2, 0) is 4.74 Å². The Hall–Kier alpha value is -0.0800. The molecule has 0 radical (unpaired) electrons. The topological polar surface area (TPSA) is 21.3 Å². The Kier molecular flexibility index (Phi) is 5.07. The average Bonchev–Trinajstić information content (AvgIpc) is 2.63. The lowest BCUT2D eigenvalue weighted by molar-refractivity contribution is 0.102. The minimum atomic E-state index is 0.365. The van der Waals surface area contributed by atoms with Crippen LogP contribution in [-0.4, -0.2) is 25.3 Å². The summed E-state index contributed by atoms with van der Waals surface area (Å²) in [6, 6.07) is 0.585. The summed E-state index contributed by atoms with van der Waals surface area (Å²) in [5.41, 5.74) is 0.365. The molecule has 0 spiro atoms. The van der Waals surface area contributed by atoms with Gasteiger partial charge in [-0.2, -0.15) is 0 Å². The molecule has 2 unspecified atom stereocenters. The molecule has 1 rings (SSSR count). The number of hydrogen-bond acceptors (Lipinski definition) is 2. The fraction of sp³-hybridized carbons (Fsp3) is 1.00. The van der Waals surface area contributed by atoms with Gasteiger partial charge in [0.15, 0.2) is 0 Å². The van der Waals surface area contributed by atoms with Crippen LogP contribution in [0.2, 0.25) is 0 Å². The van der Waals surface area contributed by atoms with E-state index in [1.54, 1.807) is 0 Å². The van der Waals surface area contributed by atoms with Crippen LogP contribution in [0.4, 0.5) is 0 Å². The first-order valence-corrected chi connectivity index (χ1v) is 6.35. The molecular weight excluding hydrogens is 186 g/mol. The van der Waals surface area contributed by atoms with Gasteiger partial charge in [-0.05, 0) is 44.6 Å². The molecule has 1 heterocycles. The number of ether oxygens (including phenoxy) is 1. The zero-order valence-corrected chi connectivity index (χ0v) is 10.8. The molecule has 0 aromatic carbocycles. The minimum absolute atomic E-state index is 0.365. The van der Waals surface area contributed by atoms with E-state index >= 15 is 0 Å². The summed E-state index contributed by atoms with van der Waals surface area (Å²) in [5, 5.41) is 3.59. The maximum atomic E-state index is 5.60. The van der Waals surface area contributed by atoms with E-state index in [-0.39, 0.29) is 0 Å². The zero-order chi connectivity index (χ0) is 11.3. The van der Waals surface area contributed by atoms with E-state index in [0.717, 1.165) is 13.2 Å². The van der Waals surface area contributed by atoms with E-state index in [2.05, 4.69) is 33.0 Å². The van der Waals surface area contributed by atoms with Crippen molar-refractivity contribution in [1.82, 2.24) is 5.32 Å². The predicted molar refractivity (Wildman–Crippen MR) is 65.1 cm³/mol. The highest BCUT2D eigenvalue weighted by atomic mass is 16.5. The second kappa shape index (κ2) is 5.86. The van der Waals surface area contributed by atoms with E-state index in [0.29, 0.717) is 17.6 Å². The Balaban J connectivity index is 2.01. The monoisotopic (exact) mass is 213 g/mol. The molecule has 1 N–H and O–H groups in total. The third-order valence-electron chi connectivity index (χ3n) is 3.48. The second-order valence-corrected chi connectivity index (χ2v) is 5.82. The lowest BCUT2D eigenvalue weighted by atomic mass is 9.88. The molecule has 1 fully saturated rings. The Bertz CT molecular complexity index is 168. The van der Waals surface area contributed by atoms with Crippen LogP contribution in [0.1, 0.15) is 53.4 Å². The van der Waals surface area contributed by atoms with Crippen LogP contribution in [0, 0.1) is 5.41 Å². The van der Waals surface area contributed by atoms with Crippen molar-refractivity contribution in [1.29, 1.82) is 0 Å². The number of nitrogens with one attached hydrogen (secondary N) is 1. The molecule has 1 saturated heterocycles. The number of rotatable bonds is 5. The zero-order valence-electron chi connectivity index (χ0n) is 10.8. The Labute approximate surface area is 94.8 Å². The van der Waals surface area contributed by atoms with Gasteiger partial charge in [0.1, 0.15) is 0 Å². The highest BCUT2D eigenvalue weighted by Gasteiger charge is 2.19. The molecule has 1 aliphatic heterocycles. The van der Waals surface area contributed by atoms with Crippen LogP contribution < -0.4 is 5.32 Å². The van der Waals surface area contributed by atoms with Gasteiger partial charge in [0.25, 0.3) is 0 Å². The molecular formula is C13H27NO. The normalized spacial score (nSPS) is 24.4.